The Bertz CT molecular complexity index is 570. The SMILES string of the molecule is Nc1nc(-c2csc(N)n2)cs1.O.O.O=C([O-])CNCC(=O)[O-].[Pb+2]. The van der Waals surface area contributed by atoms with E-state index >= 15 is 0 Å². The molecule has 0 amide bonds. The summed E-state index contributed by atoms with van der Waals surface area (Å²) in [6.07, 6.45) is 0. The first kappa shape index (κ1) is 27.4. The zero-order chi connectivity index (χ0) is 15.8. The predicted molar refractivity (Wildman–Crippen MR) is 87.9 cm³/mol. The summed E-state index contributed by atoms with van der Waals surface area (Å²) in [6, 6.07) is 0. The predicted octanol–water partition coefficient (Wildman–Crippen LogP) is -4.52. The summed E-state index contributed by atoms with van der Waals surface area (Å²) in [5.41, 5.74) is 12.5. The van der Waals surface area contributed by atoms with Crippen LogP contribution >= 0.6 is 22.7 Å². The average Bonchev–Trinajstić information content (AvgIpc) is 2.98. The Balaban J connectivity index is -0.000000339. The smallest absolute Gasteiger partial charge is 0.549 e. The van der Waals surface area contributed by atoms with Crippen LogP contribution in [0, 0.1) is 0 Å². The van der Waals surface area contributed by atoms with Gasteiger partial charge in [0, 0.05) is 23.8 Å². The van der Waals surface area contributed by atoms with Gasteiger partial charge in [0.15, 0.2) is 10.3 Å². The van der Waals surface area contributed by atoms with Crippen molar-refractivity contribution < 1.29 is 30.8 Å². The van der Waals surface area contributed by atoms with Gasteiger partial charge in [0.05, 0.1) is 11.9 Å². The van der Waals surface area contributed by atoms with Crippen molar-refractivity contribution in [3.05, 3.63) is 10.8 Å². The number of nitrogen functional groups attached to an aromatic ring is 2. The minimum atomic E-state index is -1.34. The number of thiazole rings is 2. The van der Waals surface area contributed by atoms with Gasteiger partial charge in [-0.05, 0) is 0 Å². The summed E-state index contributed by atoms with van der Waals surface area (Å²) in [5, 5.41) is 26.1. The maximum absolute atomic E-state index is 9.59. The number of carboxylic acids is 2. The second-order valence-electron chi connectivity index (χ2n) is 3.49. The molecule has 24 heavy (non-hydrogen) atoms. The van der Waals surface area contributed by atoms with Crippen LogP contribution in [0.25, 0.3) is 11.4 Å². The van der Waals surface area contributed by atoms with Gasteiger partial charge in [-0.25, -0.2) is 9.97 Å². The fraction of sp³-hybridized carbons (Fsp3) is 0.200. The molecule has 132 valence electrons. The topological polar surface area (TPSA) is 233 Å². The fourth-order valence-corrected chi connectivity index (χ4v) is 2.19. The Morgan fingerprint density at radius 1 is 0.958 bits per heavy atom. The van der Waals surface area contributed by atoms with Gasteiger partial charge >= 0.3 is 27.3 Å². The Morgan fingerprint density at radius 2 is 1.29 bits per heavy atom. The van der Waals surface area contributed by atoms with E-state index in [-0.39, 0.29) is 38.3 Å². The van der Waals surface area contributed by atoms with Crippen LogP contribution < -0.4 is 27.0 Å². The average molecular weight is 573 g/mol. The molecule has 11 nitrogen and oxygen atoms in total. The van der Waals surface area contributed by atoms with Crippen LogP contribution in [0.2, 0.25) is 0 Å². The molecule has 0 spiro atoms. The monoisotopic (exact) mass is 573 g/mol. The van der Waals surface area contributed by atoms with Crippen molar-refractivity contribution >= 4 is 72.2 Å². The van der Waals surface area contributed by atoms with Gasteiger partial charge in [0.2, 0.25) is 0 Å². The van der Waals surface area contributed by atoms with Crippen molar-refractivity contribution in [1.29, 1.82) is 0 Å². The van der Waals surface area contributed by atoms with Crippen LogP contribution in [0.3, 0.4) is 0 Å². The molecule has 0 aliphatic rings. The van der Waals surface area contributed by atoms with Gasteiger partial charge in [-0.2, -0.15) is 0 Å². The zero-order valence-corrected chi connectivity index (χ0v) is 17.6. The number of carbonyl (C=O) groups excluding carboxylic acids is 2. The first-order valence-electron chi connectivity index (χ1n) is 5.41. The molecule has 0 saturated heterocycles. The molecule has 9 N–H and O–H groups in total. The number of aliphatic carboxylic acids is 2. The van der Waals surface area contributed by atoms with Crippen LogP contribution in [-0.4, -0.2) is 73.2 Å². The Labute approximate surface area is 164 Å². The molecule has 0 aromatic carbocycles. The molecule has 2 radical (unpaired) electrons. The van der Waals surface area contributed by atoms with Crippen molar-refractivity contribution in [2.75, 3.05) is 24.6 Å². The van der Waals surface area contributed by atoms with E-state index in [2.05, 4.69) is 15.3 Å². The van der Waals surface area contributed by atoms with Crippen LogP contribution in [0.4, 0.5) is 10.3 Å². The first-order chi connectivity index (χ1) is 9.88. The molecule has 2 heterocycles. The second-order valence-corrected chi connectivity index (χ2v) is 5.27. The van der Waals surface area contributed by atoms with Crippen LogP contribution in [-0.2, 0) is 9.59 Å². The van der Waals surface area contributed by atoms with E-state index in [1.54, 1.807) is 0 Å². The number of aromatic nitrogens is 2. The molecular weight excluding hydrogens is 557 g/mol. The van der Waals surface area contributed by atoms with Gasteiger partial charge in [0.1, 0.15) is 11.4 Å². The van der Waals surface area contributed by atoms with Crippen LogP contribution in [0.5, 0.6) is 0 Å². The molecule has 0 fully saturated rings. The number of carboxylic acid groups (broad SMARTS) is 2. The van der Waals surface area contributed by atoms with E-state index in [1.165, 1.54) is 22.7 Å². The van der Waals surface area contributed by atoms with Crippen molar-refractivity contribution in [2.45, 2.75) is 0 Å². The first-order valence-corrected chi connectivity index (χ1v) is 7.17. The standard InChI is InChI=1S/C6H6N4S2.C4H7NO4.2H2O.Pb/c7-5-9-3(1-11-5)4-2-12-6(8)10-4;6-3(7)1-5-2-4(8)9;;;/h1-2H,(H2,7,9)(H2,8,10);5H,1-2H2,(H,6,7)(H,8,9);2*1H2;/q;;;;+2/p-2. The summed E-state index contributed by atoms with van der Waals surface area (Å²) < 4.78 is 0. The molecule has 0 aliphatic heterocycles. The quantitative estimate of drug-likeness (QED) is 0.292. The van der Waals surface area contributed by atoms with Crippen molar-refractivity contribution in [1.82, 2.24) is 15.3 Å². The van der Waals surface area contributed by atoms with Crippen LogP contribution in [0.15, 0.2) is 10.8 Å². The molecule has 0 bridgehead atoms. The van der Waals surface area contributed by atoms with E-state index in [0.717, 1.165) is 11.4 Å². The number of nitrogens with zero attached hydrogens (tertiary/aromatic N) is 2. The fourth-order valence-electron chi connectivity index (χ4n) is 1.08. The molecular formula is C10H15N5O6PbS2. The maximum atomic E-state index is 9.59. The summed E-state index contributed by atoms with van der Waals surface area (Å²) in [5.74, 6) is -2.67. The molecule has 0 saturated carbocycles. The summed E-state index contributed by atoms with van der Waals surface area (Å²) >= 11 is 2.80. The zero-order valence-electron chi connectivity index (χ0n) is 12.1. The molecule has 0 unspecified atom stereocenters. The number of rotatable bonds is 5. The third-order valence-corrected chi connectivity index (χ3v) is 3.19. The van der Waals surface area contributed by atoms with Gasteiger partial charge in [-0.15, -0.1) is 22.7 Å². The second kappa shape index (κ2) is 14.0. The van der Waals surface area contributed by atoms with Gasteiger partial charge < -0.3 is 47.5 Å². The minimum absolute atomic E-state index is 0. The van der Waals surface area contributed by atoms with Crippen molar-refractivity contribution in [3.8, 4) is 11.4 Å². The number of nitrogens with one attached hydrogen (secondary N) is 1. The number of hydrogen-bond donors (Lipinski definition) is 3. The number of carbonyl (C=O) groups is 2. The maximum Gasteiger partial charge on any atom is 2.00 e. The van der Waals surface area contributed by atoms with E-state index in [0.29, 0.717) is 10.3 Å². The van der Waals surface area contributed by atoms with Gasteiger partial charge in [0.25, 0.3) is 0 Å². The largest absolute Gasteiger partial charge is 2.00 e. The van der Waals surface area contributed by atoms with E-state index in [1.807, 2.05) is 10.8 Å². The van der Waals surface area contributed by atoms with E-state index in [4.69, 9.17) is 11.5 Å². The summed E-state index contributed by atoms with van der Waals surface area (Å²) in [4.78, 5) is 27.3. The summed E-state index contributed by atoms with van der Waals surface area (Å²) in [7, 11) is 0. The summed E-state index contributed by atoms with van der Waals surface area (Å²) in [6.45, 7) is -0.929. The normalized spacial score (nSPS) is 8.50. The molecule has 14 heteroatoms. The third-order valence-electron chi connectivity index (χ3n) is 1.85. The number of anilines is 2. The third kappa shape index (κ3) is 11.2. The van der Waals surface area contributed by atoms with Crippen molar-refractivity contribution in [2.24, 2.45) is 0 Å². The minimum Gasteiger partial charge on any atom is -0.549 e. The Morgan fingerprint density at radius 3 is 1.50 bits per heavy atom. The van der Waals surface area contributed by atoms with E-state index < -0.39 is 25.0 Å². The van der Waals surface area contributed by atoms with E-state index in [9.17, 15) is 19.8 Å². The van der Waals surface area contributed by atoms with Crippen LogP contribution in [0.1, 0.15) is 0 Å². The Hall–Kier alpha value is -1.40. The molecule has 0 aliphatic carbocycles. The van der Waals surface area contributed by atoms with Gasteiger partial charge in [-0.3, -0.25) is 0 Å². The molecule has 2 aromatic heterocycles. The molecule has 0 atom stereocenters. The number of nitrogens with two attached hydrogens (primary N) is 2. The Kier molecular flexibility index (Phi) is 16.0. The van der Waals surface area contributed by atoms with Crippen molar-refractivity contribution in [3.63, 3.8) is 0 Å². The molecule has 2 rings (SSSR count). The molecule has 2 aromatic rings. The van der Waals surface area contributed by atoms with Gasteiger partial charge in [-0.1, -0.05) is 0 Å². The number of hydrogen-bond acceptors (Lipinski definition) is 11.